The minimum atomic E-state index is 0.118. The molecule has 0 bridgehead atoms. The van der Waals surface area contributed by atoms with Gasteiger partial charge in [-0.15, -0.1) is 0 Å². The van der Waals surface area contributed by atoms with Crippen LogP contribution in [-0.4, -0.2) is 53.0 Å². The first-order valence-corrected chi connectivity index (χ1v) is 6.79. The summed E-state index contributed by atoms with van der Waals surface area (Å²) in [6.07, 6.45) is 0.974. The summed E-state index contributed by atoms with van der Waals surface area (Å²) in [7, 11) is 7.09. The van der Waals surface area contributed by atoms with Gasteiger partial charge in [-0.2, -0.15) is 0 Å². The Morgan fingerprint density at radius 1 is 1.20 bits per heavy atom. The van der Waals surface area contributed by atoms with Gasteiger partial charge in [-0.3, -0.25) is 4.90 Å². The monoisotopic (exact) mass is 282 g/mol. The summed E-state index contributed by atoms with van der Waals surface area (Å²) in [5.41, 5.74) is 7.02. The van der Waals surface area contributed by atoms with Crippen LogP contribution >= 0.6 is 0 Å². The molecule has 5 heteroatoms. The van der Waals surface area contributed by atoms with Gasteiger partial charge < -0.3 is 19.9 Å². The van der Waals surface area contributed by atoms with E-state index < -0.39 is 0 Å². The van der Waals surface area contributed by atoms with E-state index in [-0.39, 0.29) is 6.04 Å². The zero-order chi connectivity index (χ0) is 15.0. The Morgan fingerprint density at radius 3 is 2.50 bits per heavy atom. The summed E-state index contributed by atoms with van der Waals surface area (Å²) < 4.78 is 15.8. The molecule has 0 fully saturated rings. The van der Waals surface area contributed by atoms with Crippen molar-refractivity contribution >= 4 is 0 Å². The van der Waals surface area contributed by atoms with Crippen LogP contribution < -0.4 is 15.2 Å². The van der Waals surface area contributed by atoms with Crippen LogP contribution in [0.15, 0.2) is 18.2 Å². The van der Waals surface area contributed by atoms with Crippen molar-refractivity contribution in [2.45, 2.75) is 12.5 Å². The summed E-state index contributed by atoms with van der Waals surface area (Å²) >= 11 is 0. The highest BCUT2D eigenvalue weighted by Gasteiger charge is 2.19. The van der Waals surface area contributed by atoms with E-state index in [1.807, 2.05) is 18.2 Å². The second kappa shape index (κ2) is 8.79. The molecule has 1 atom stereocenters. The smallest absolute Gasteiger partial charge is 0.127 e. The largest absolute Gasteiger partial charge is 0.497 e. The van der Waals surface area contributed by atoms with Crippen molar-refractivity contribution in [2.24, 2.45) is 5.73 Å². The van der Waals surface area contributed by atoms with Crippen molar-refractivity contribution in [2.75, 3.05) is 48.1 Å². The molecule has 1 unspecified atom stereocenters. The van der Waals surface area contributed by atoms with Crippen molar-refractivity contribution in [1.29, 1.82) is 0 Å². The molecule has 0 saturated carbocycles. The van der Waals surface area contributed by atoms with Gasteiger partial charge in [0, 0.05) is 38.4 Å². The van der Waals surface area contributed by atoms with Crippen LogP contribution in [0.4, 0.5) is 0 Å². The standard InChI is InChI=1S/C15H26N2O3/c1-17(8-5-9-18-2)14(11-16)13-7-6-12(19-3)10-15(13)20-4/h6-7,10,14H,5,8-9,11,16H2,1-4H3. The first-order valence-electron chi connectivity index (χ1n) is 6.79. The number of ether oxygens (including phenoxy) is 3. The number of hydrogen-bond acceptors (Lipinski definition) is 5. The molecule has 0 aliphatic heterocycles. The molecular formula is C15H26N2O3. The molecule has 20 heavy (non-hydrogen) atoms. The zero-order valence-electron chi connectivity index (χ0n) is 12.9. The van der Waals surface area contributed by atoms with Gasteiger partial charge in [0.25, 0.3) is 0 Å². The first kappa shape index (κ1) is 16.8. The minimum Gasteiger partial charge on any atom is -0.497 e. The van der Waals surface area contributed by atoms with Crippen molar-refractivity contribution in [3.8, 4) is 11.5 Å². The van der Waals surface area contributed by atoms with E-state index in [4.69, 9.17) is 19.9 Å². The Morgan fingerprint density at radius 2 is 1.95 bits per heavy atom. The van der Waals surface area contributed by atoms with Gasteiger partial charge in [-0.25, -0.2) is 0 Å². The summed E-state index contributed by atoms with van der Waals surface area (Å²) in [6.45, 7) is 2.21. The number of rotatable bonds is 9. The van der Waals surface area contributed by atoms with Crippen LogP contribution in [0.3, 0.4) is 0 Å². The molecule has 0 aliphatic rings. The number of methoxy groups -OCH3 is 3. The van der Waals surface area contributed by atoms with Gasteiger partial charge in [0.05, 0.1) is 20.3 Å². The Bertz CT molecular complexity index is 399. The summed E-state index contributed by atoms with van der Waals surface area (Å²) in [4.78, 5) is 2.23. The molecule has 0 radical (unpaired) electrons. The van der Waals surface area contributed by atoms with E-state index >= 15 is 0 Å². The van der Waals surface area contributed by atoms with E-state index in [2.05, 4.69) is 11.9 Å². The molecule has 5 nitrogen and oxygen atoms in total. The van der Waals surface area contributed by atoms with Crippen LogP contribution in [0, 0.1) is 0 Å². The number of benzene rings is 1. The van der Waals surface area contributed by atoms with Gasteiger partial charge in [-0.05, 0) is 19.5 Å². The molecular weight excluding hydrogens is 256 g/mol. The lowest BCUT2D eigenvalue weighted by molar-refractivity contribution is 0.165. The van der Waals surface area contributed by atoms with Crippen LogP contribution in [0.5, 0.6) is 11.5 Å². The molecule has 1 aromatic rings. The van der Waals surface area contributed by atoms with E-state index in [0.717, 1.165) is 36.6 Å². The summed E-state index contributed by atoms with van der Waals surface area (Å²) in [5, 5.41) is 0. The predicted molar refractivity (Wildman–Crippen MR) is 80.5 cm³/mol. The molecule has 0 amide bonds. The van der Waals surface area contributed by atoms with Crippen LogP contribution in [-0.2, 0) is 4.74 Å². The maximum atomic E-state index is 5.94. The Labute approximate surface area is 121 Å². The molecule has 0 aliphatic carbocycles. The molecule has 1 aromatic carbocycles. The van der Waals surface area contributed by atoms with Crippen molar-refractivity contribution < 1.29 is 14.2 Å². The molecule has 114 valence electrons. The maximum absolute atomic E-state index is 5.94. The lowest BCUT2D eigenvalue weighted by Gasteiger charge is -2.28. The van der Waals surface area contributed by atoms with Crippen molar-refractivity contribution in [3.05, 3.63) is 23.8 Å². The minimum absolute atomic E-state index is 0.118. The first-order chi connectivity index (χ1) is 9.67. The highest BCUT2D eigenvalue weighted by molar-refractivity contribution is 5.42. The summed E-state index contributed by atoms with van der Waals surface area (Å²) in [5.74, 6) is 1.58. The van der Waals surface area contributed by atoms with Gasteiger partial charge in [0.15, 0.2) is 0 Å². The molecule has 1 rings (SSSR count). The predicted octanol–water partition coefficient (Wildman–Crippen LogP) is 1.67. The topological polar surface area (TPSA) is 57.0 Å². The average Bonchev–Trinajstić information content (AvgIpc) is 2.48. The van der Waals surface area contributed by atoms with Gasteiger partial charge >= 0.3 is 0 Å². The van der Waals surface area contributed by atoms with Gasteiger partial charge in [0.1, 0.15) is 11.5 Å². The molecule has 0 heterocycles. The third-order valence-electron chi connectivity index (χ3n) is 3.41. The van der Waals surface area contributed by atoms with E-state index in [9.17, 15) is 0 Å². The van der Waals surface area contributed by atoms with Gasteiger partial charge in [0.2, 0.25) is 0 Å². The SMILES string of the molecule is COCCCN(C)C(CN)c1ccc(OC)cc1OC. The second-order valence-electron chi connectivity index (χ2n) is 4.69. The molecule has 0 saturated heterocycles. The van der Waals surface area contributed by atoms with Crippen LogP contribution in [0.1, 0.15) is 18.0 Å². The van der Waals surface area contributed by atoms with Crippen LogP contribution in [0.2, 0.25) is 0 Å². The van der Waals surface area contributed by atoms with E-state index in [1.165, 1.54) is 0 Å². The van der Waals surface area contributed by atoms with Crippen molar-refractivity contribution in [1.82, 2.24) is 4.90 Å². The zero-order valence-corrected chi connectivity index (χ0v) is 12.9. The van der Waals surface area contributed by atoms with Gasteiger partial charge in [-0.1, -0.05) is 6.07 Å². The molecule has 0 aromatic heterocycles. The fourth-order valence-electron chi connectivity index (χ4n) is 2.25. The lowest BCUT2D eigenvalue weighted by atomic mass is 10.0. The highest BCUT2D eigenvalue weighted by Crippen LogP contribution is 2.31. The van der Waals surface area contributed by atoms with Crippen LogP contribution in [0.25, 0.3) is 0 Å². The van der Waals surface area contributed by atoms with E-state index in [1.54, 1.807) is 21.3 Å². The fourth-order valence-corrected chi connectivity index (χ4v) is 2.25. The molecule has 0 spiro atoms. The Balaban J connectivity index is 2.87. The number of nitrogens with zero attached hydrogens (tertiary/aromatic N) is 1. The van der Waals surface area contributed by atoms with Crippen molar-refractivity contribution in [3.63, 3.8) is 0 Å². The number of nitrogens with two attached hydrogens (primary N) is 1. The number of likely N-dealkylation sites (N-methyl/N-ethyl adjacent to an activating group) is 1. The third kappa shape index (κ3) is 4.37. The average molecular weight is 282 g/mol. The maximum Gasteiger partial charge on any atom is 0.127 e. The highest BCUT2D eigenvalue weighted by atomic mass is 16.5. The second-order valence-corrected chi connectivity index (χ2v) is 4.69. The lowest BCUT2D eigenvalue weighted by Crippen LogP contribution is -2.32. The molecule has 2 N–H and O–H groups in total. The third-order valence-corrected chi connectivity index (χ3v) is 3.41. The fraction of sp³-hybridized carbons (Fsp3) is 0.600. The quantitative estimate of drug-likeness (QED) is 0.698. The Kier molecular flexibility index (Phi) is 7.36. The number of hydrogen-bond donors (Lipinski definition) is 1. The summed E-state index contributed by atoms with van der Waals surface area (Å²) in [6, 6.07) is 5.96. The Hall–Kier alpha value is -1.30. The van der Waals surface area contributed by atoms with E-state index in [0.29, 0.717) is 6.54 Å². The normalized spacial score (nSPS) is 12.5.